The molecule has 2 rings (SSSR count). The number of nitrogens with zero attached hydrogens (tertiary/aromatic N) is 2. The van der Waals surface area contributed by atoms with Crippen molar-refractivity contribution in [3.05, 3.63) is 35.1 Å². The van der Waals surface area contributed by atoms with E-state index in [0.29, 0.717) is 38.4 Å². The molecule has 0 saturated carbocycles. The van der Waals surface area contributed by atoms with E-state index in [1.54, 1.807) is 11.8 Å². The van der Waals surface area contributed by atoms with E-state index in [9.17, 15) is 22.4 Å². The van der Waals surface area contributed by atoms with Crippen molar-refractivity contribution in [1.82, 2.24) is 10.2 Å². The minimum Gasteiger partial charge on any atom is -0.387 e. The Balaban J connectivity index is 1.94. The monoisotopic (exact) mass is 418 g/mol. The van der Waals surface area contributed by atoms with E-state index in [0.717, 1.165) is 12.5 Å². The van der Waals surface area contributed by atoms with Crippen LogP contribution in [0, 0.1) is 11.7 Å². The number of amidine groups is 1. The Morgan fingerprint density at radius 1 is 1.36 bits per heavy atom. The van der Waals surface area contributed by atoms with Gasteiger partial charge in [-0.15, -0.1) is 0 Å². The number of amides is 2. The molecule has 5 nitrogen and oxygen atoms in total. The van der Waals surface area contributed by atoms with E-state index in [-0.39, 0.29) is 28.5 Å². The Hall–Kier alpha value is -2.23. The van der Waals surface area contributed by atoms with Gasteiger partial charge in [-0.25, -0.2) is 14.2 Å². The van der Waals surface area contributed by atoms with Crippen LogP contribution in [0.15, 0.2) is 23.2 Å². The minimum absolute atomic E-state index is 0.0161. The van der Waals surface area contributed by atoms with Crippen LogP contribution in [-0.4, -0.2) is 35.0 Å². The third kappa shape index (κ3) is 6.43. The zero-order valence-electron chi connectivity index (χ0n) is 15.4. The highest BCUT2D eigenvalue weighted by Crippen LogP contribution is 2.31. The number of likely N-dealkylation sites (tertiary alicyclic amines) is 1. The van der Waals surface area contributed by atoms with Crippen LogP contribution in [0.4, 0.5) is 22.4 Å². The predicted octanol–water partition coefficient (Wildman–Crippen LogP) is 3.86. The molecule has 154 valence electrons. The molecular formula is C18H22F4N4OS. The Morgan fingerprint density at radius 3 is 2.68 bits per heavy atom. The molecule has 1 aromatic carbocycles. The Morgan fingerprint density at radius 2 is 2.07 bits per heavy atom. The normalized spacial score (nSPS) is 18.5. The average Bonchev–Trinajstić information content (AvgIpc) is 2.80. The SMILES string of the molecule is C/C(N)=N/C(=S)NC(=O)N1CCCC(Cc2ccc(C(F)(F)F)cc2F)CC1. The van der Waals surface area contributed by atoms with Gasteiger partial charge in [0.05, 0.1) is 11.4 Å². The summed E-state index contributed by atoms with van der Waals surface area (Å²) in [6.07, 6.45) is -2.18. The number of benzene rings is 1. The number of alkyl halides is 3. The highest BCUT2D eigenvalue weighted by molar-refractivity contribution is 7.80. The fraction of sp³-hybridized carbons (Fsp3) is 0.500. The van der Waals surface area contributed by atoms with Crippen molar-refractivity contribution in [2.24, 2.45) is 16.6 Å². The van der Waals surface area contributed by atoms with Gasteiger partial charge in [0.25, 0.3) is 0 Å². The van der Waals surface area contributed by atoms with Crippen LogP contribution < -0.4 is 11.1 Å². The van der Waals surface area contributed by atoms with Gasteiger partial charge in [-0.05, 0) is 68.4 Å². The van der Waals surface area contributed by atoms with E-state index in [1.165, 1.54) is 6.07 Å². The lowest BCUT2D eigenvalue weighted by Gasteiger charge is -2.20. The highest BCUT2D eigenvalue weighted by Gasteiger charge is 2.31. The van der Waals surface area contributed by atoms with Crippen LogP contribution in [0.25, 0.3) is 0 Å². The number of halogens is 4. The van der Waals surface area contributed by atoms with Crippen LogP contribution in [0.2, 0.25) is 0 Å². The maximum atomic E-state index is 14.1. The van der Waals surface area contributed by atoms with Crippen molar-refractivity contribution >= 4 is 29.2 Å². The molecule has 0 bridgehead atoms. The largest absolute Gasteiger partial charge is 0.416 e. The maximum Gasteiger partial charge on any atom is 0.416 e. The summed E-state index contributed by atoms with van der Waals surface area (Å²) in [4.78, 5) is 17.6. The van der Waals surface area contributed by atoms with Gasteiger partial charge in [-0.2, -0.15) is 13.2 Å². The first kappa shape index (κ1) is 22.1. The van der Waals surface area contributed by atoms with Gasteiger partial charge in [0.1, 0.15) is 5.82 Å². The van der Waals surface area contributed by atoms with Gasteiger partial charge in [-0.1, -0.05) is 6.07 Å². The lowest BCUT2D eigenvalue weighted by atomic mass is 9.92. The molecule has 1 atom stereocenters. The first-order valence-electron chi connectivity index (χ1n) is 8.82. The lowest BCUT2D eigenvalue weighted by Crippen LogP contribution is -2.42. The fourth-order valence-corrected chi connectivity index (χ4v) is 3.36. The van der Waals surface area contributed by atoms with E-state index in [4.69, 9.17) is 18.0 Å². The van der Waals surface area contributed by atoms with E-state index in [1.807, 2.05) is 0 Å². The van der Waals surface area contributed by atoms with E-state index >= 15 is 0 Å². The van der Waals surface area contributed by atoms with Gasteiger partial charge in [0.15, 0.2) is 0 Å². The Labute approximate surface area is 166 Å². The predicted molar refractivity (Wildman–Crippen MR) is 102 cm³/mol. The van der Waals surface area contributed by atoms with Crippen molar-refractivity contribution in [3.8, 4) is 0 Å². The van der Waals surface area contributed by atoms with Crippen molar-refractivity contribution < 1.29 is 22.4 Å². The molecule has 3 N–H and O–H groups in total. The van der Waals surface area contributed by atoms with Crippen LogP contribution in [0.3, 0.4) is 0 Å². The van der Waals surface area contributed by atoms with Crippen molar-refractivity contribution in [3.63, 3.8) is 0 Å². The zero-order chi connectivity index (χ0) is 20.9. The molecule has 1 fully saturated rings. The van der Waals surface area contributed by atoms with Crippen molar-refractivity contribution in [2.75, 3.05) is 13.1 Å². The second kappa shape index (κ2) is 9.31. The summed E-state index contributed by atoms with van der Waals surface area (Å²) in [5.74, 6) is -0.547. The maximum absolute atomic E-state index is 14.1. The van der Waals surface area contributed by atoms with Crippen LogP contribution in [0.1, 0.15) is 37.3 Å². The molecule has 0 radical (unpaired) electrons. The van der Waals surface area contributed by atoms with Gasteiger partial charge >= 0.3 is 12.2 Å². The summed E-state index contributed by atoms with van der Waals surface area (Å²) in [5, 5.41) is 2.47. The first-order chi connectivity index (χ1) is 13.1. The summed E-state index contributed by atoms with van der Waals surface area (Å²) in [7, 11) is 0. The van der Waals surface area contributed by atoms with Crippen LogP contribution >= 0.6 is 12.2 Å². The van der Waals surface area contributed by atoms with Gasteiger partial charge in [-0.3, -0.25) is 5.32 Å². The molecule has 0 spiro atoms. The van der Waals surface area contributed by atoms with Crippen LogP contribution in [0.5, 0.6) is 0 Å². The number of carbonyl (C=O) groups excluding carboxylic acids is 1. The average molecular weight is 418 g/mol. The standard InChI is InChI=1S/C18H22F4N4OS/c1-11(23)24-16(28)25-17(27)26-7-2-3-12(6-8-26)9-13-4-5-14(10-15(13)19)18(20,21)22/h4-5,10,12H,2-3,6-9H2,1H3,(H3,23,24,25,27,28). The molecule has 1 aromatic rings. The molecule has 0 aliphatic carbocycles. The molecule has 1 saturated heterocycles. The highest BCUT2D eigenvalue weighted by atomic mass is 32.1. The Bertz CT molecular complexity index is 762. The van der Waals surface area contributed by atoms with Crippen LogP contribution in [-0.2, 0) is 12.6 Å². The molecule has 28 heavy (non-hydrogen) atoms. The number of urea groups is 1. The summed E-state index contributed by atoms with van der Waals surface area (Å²) in [5.41, 5.74) is 4.67. The quantitative estimate of drug-likeness (QED) is 0.332. The molecule has 1 aliphatic rings. The molecule has 2 amide bonds. The number of carbonyl (C=O) groups is 1. The second-order valence-corrected chi connectivity index (χ2v) is 7.17. The van der Waals surface area contributed by atoms with Gasteiger partial charge in [0.2, 0.25) is 5.11 Å². The molecule has 1 unspecified atom stereocenters. The summed E-state index contributed by atoms with van der Waals surface area (Å²) in [6.45, 7) is 2.49. The molecule has 10 heteroatoms. The summed E-state index contributed by atoms with van der Waals surface area (Å²) < 4.78 is 52.0. The van der Waals surface area contributed by atoms with Crippen molar-refractivity contribution in [1.29, 1.82) is 0 Å². The molecule has 1 aliphatic heterocycles. The summed E-state index contributed by atoms with van der Waals surface area (Å²) >= 11 is 4.92. The van der Waals surface area contributed by atoms with Gasteiger partial charge in [0, 0.05) is 13.1 Å². The van der Waals surface area contributed by atoms with Crippen molar-refractivity contribution in [2.45, 2.75) is 38.8 Å². The molecule has 1 heterocycles. The molecule has 0 aromatic heterocycles. The second-order valence-electron chi connectivity index (χ2n) is 6.78. The first-order valence-corrected chi connectivity index (χ1v) is 9.23. The Kier molecular flexibility index (Phi) is 7.34. The van der Waals surface area contributed by atoms with E-state index in [2.05, 4.69) is 10.3 Å². The minimum atomic E-state index is -4.57. The third-order valence-electron chi connectivity index (χ3n) is 4.52. The topological polar surface area (TPSA) is 70.7 Å². The van der Waals surface area contributed by atoms with E-state index < -0.39 is 17.6 Å². The number of nitrogens with two attached hydrogens (primary N) is 1. The van der Waals surface area contributed by atoms with Gasteiger partial charge < -0.3 is 10.6 Å². The summed E-state index contributed by atoms with van der Waals surface area (Å²) in [6, 6.07) is 2.25. The number of rotatable bonds is 2. The smallest absolute Gasteiger partial charge is 0.387 e. The number of nitrogens with one attached hydrogen (secondary N) is 1. The number of hydrogen-bond donors (Lipinski definition) is 2. The lowest BCUT2D eigenvalue weighted by molar-refractivity contribution is -0.137. The number of thiocarbonyl (C=S) groups is 1. The zero-order valence-corrected chi connectivity index (χ0v) is 16.2. The molecular weight excluding hydrogens is 396 g/mol. The fourth-order valence-electron chi connectivity index (χ4n) is 3.13. The number of hydrogen-bond acceptors (Lipinski definition) is 2. The number of aliphatic imine (C=N–C) groups is 1. The third-order valence-corrected chi connectivity index (χ3v) is 4.71.